The predicted molar refractivity (Wildman–Crippen MR) is 95.3 cm³/mol. The molecule has 1 heterocycles. The van der Waals surface area contributed by atoms with Crippen LogP contribution in [0, 0.1) is 0 Å². The molecule has 0 aliphatic rings. The highest BCUT2D eigenvalue weighted by molar-refractivity contribution is 8.01. The largest absolute Gasteiger partial charge is 0.481 e. The number of thioether (sulfide) groups is 1. The fourth-order valence-corrected chi connectivity index (χ4v) is 3.74. The highest BCUT2D eigenvalue weighted by Gasteiger charge is 2.20. The molecule has 1 N–H and O–H groups in total. The zero-order chi connectivity index (χ0) is 16.7. The smallest absolute Gasteiger partial charge is 0.267 e. The summed E-state index contributed by atoms with van der Waals surface area (Å²) < 4.78 is 6.59. The van der Waals surface area contributed by atoms with E-state index in [1.54, 1.807) is 11.8 Å². The Kier molecular flexibility index (Phi) is 6.85. The van der Waals surface area contributed by atoms with Gasteiger partial charge in [-0.05, 0) is 25.0 Å². The van der Waals surface area contributed by atoms with Gasteiger partial charge in [-0.3, -0.25) is 10.1 Å². The lowest BCUT2D eigenvalue weighted by atomic mass is 10.2. The van der Waals surface area contributed by atoms with Gasteiger partial charge in [-0.15, -0.1) is 10.2 Å². The fourth-order valence-electron chi connectivity index (χ4n) is 1.73. The van der Waals surface area contributed by atoms with Gasteiger partial charge in [0.2, 0.25) is 5.13 Å². The molecule has 0 fully saturated rings. The van der Waals surface area contributed by atoms with Crippen molar-refractivity contribution in [2.75, 3.05) is 5.32 Å². The zero-order valence-electron chi connectivity index (χ0n) is 13.5. The second-order valence-corrected chi connectivity index (χ2v) is 7.69. The van der Waals surface area contributed by atoms with E-state index >= 15 is 0 Å². The fraction of sp³-hybridized carbons (Fsp3) is 0.438. The first-order chi connectivity index (χ1) is 11.1. The van der Waals surface area contributed by atoms with Gasteiger partial charge < -0.3 is 4.74 Å². The molecule has 0 radical (unpaired) electrons. The van der Waals surface area contributed by atoms with Gasteiger partial charge in [0.05, 0.1) is 0 Å². The minimum Gasteiger partial charge on any atom is -0.481 e. The zero-order valence-corrected chi connectivity index (χ0v) is 15.1. The van der Waals surface area contributed by atoms with Crippen molar-refractivity contribution >= 4 is 34.1 Å². The van der Waals surface area contributed by atoms with Gasteiger partial charge in [-0.2, -0.15) is 0 Å². The highest BCUT2D eigenvalue weighted by Crippen LogP contribution is 2.30. The van der Waals surface area contributed by atoms with E-state index in [0.717, 1.165) is 10.8 Å². The normalized spacial score (nSPS) is 13.3. The van der Waals surface area contributed by atoms with Crippen molar-refractivity contribution < 1.29 is 9.53 Å². The standard InChI is InChI=1S/C16H21N3O2S2/c1-4-11(3)22-16-19-18-15(23-16)17-14(20)13(5-2)21-12-9-7-6-8-10-12/h6-11,13H,4-5H2,1-3H3,(H,17,18,20). The Labute approximate surface area is 144 Å². The van der Waals surface area contributed by atoms with Crippen molar-refractivity contribution in [1.82, 2.24) is 10.2 Å². The van der Waals surface area contributed by atoms with Crippen LogP contribution in [-0.2, 0) is 4.79 Å². The summed E-state index contributed by atoms with van der Waals surface area (Å²) in [4.78, 5) is 12.3. The number of aromatic nitrogens is 2. The molecule has 0 saturated carbocycles. The number of benzene rings is 1. The maximum Gasteiger partial charge on any atom is 0.267 e. The molecule has 0 bridgehead atoms. The first kappa shape index (κ1) is 17.7. The van der Waals surface area contributed by atoms with E-state index in [9.17, 15) is 4.79 Å². The number of carbonyl (C=O) groups is 1. The molecule has 1 aromatic carbocycles. The number of carbonyl (C=O) groups excluding carboxylic acids is 1. The van der Waals surface area contributed by atoms with E-state index in [0.29, 0.717) is 22.6 Å². The van der Waals surface area contributed by atoms with Gasteiger partial charge in [-0.1, -0.05) is 62.1 Å². The number of nitrogens with one attached hydrogen (secondary N) is 1. The van der Waals surface area contributed by atoms with Crippen LogP contribution in [0.4, 0.5) is 5.13 Å². The quantitative estimate of drug-likeness (QED) is 0.570. The molecular weight excluding hydrogens is 330 g/mol. The molecule has 7 heteroatoms. The SMILES string of the molecule is CCC(C)Sc1nnc(NC(=O)C(CC)Oc2ccccc2)s1. The van der Waals surface area contributed by atoms with Crippen LogP contribution >= 0.6 is 23.1 Å². The third-order valence-corrected chi connectivity index (χ3v) is 5.39. The molecule has 0 aliphatic carbocycles. The molecular formula is C16H21N3O2S2. The molecule has 2 atom stereocenters. The summed E-state index contributed by atoms with van der Waals surface area (Å²) in [7, 11) is 0. The Morgan fingerprint density at radius 3 is 2.65 bits per heavy atom. The highest BCUT2D eigenvalue weighted by atomic mass is 32.2. The van der Waals surface area contributed by atoms with Gasteiger partial charge in [0.1, 0.15) is 5.75 Å². The number of ether oxygens (including phenoxy) is 1. The van der Waals surface area contributed by atoms with Crippen molar-refractivity contribution in [3.8, 4) is 5.75 Å². The van der Waals surface area contributed by atoms with Crippen LogP contribution in [0.2, 0.25) is 0 Å². The Morgan fingerprint density at radius 2 is 2.00 bits per heavy atom. The average molecular weight is 351 g/mol. The molecule has 2 unspecified atom stereocenters. The van der Waals surface area contributed by atoms with Crippen LogP contribution in [0.15, 0.2) is 34.7 Å². The topological polar surface area (TPSA) is 64.1 Å². The number of rotatable bonds is 8. The number of nitrogens with zero attached hydrogens (tertiary/aromatic N) is 2. The van der Waals surface area contributed by atoms with Crippen molar-refractivity contribution in [2.24, 2.45) is 0 Å². The minimum atomic E-state index is -0.549. The van der Waals surface area contributed by atoms with Crippen LogP contribution in [0.25, 0.3) is 0 Å². The van der Waals surface area contributed by atoms with E-state index < -0.39 is 6.10 Å². The Balaban J connectivity index is 1.94. The average Bonchev–Trinajstić information content (AvgIpc) is 3.00. The molecule has 2 rings (SSSR count). The lowest BCUT2D eigenvalue weighted by Crippen LogP contribution is -2.32. The first-order valence-electron chi connectivity index (χ1n) is 7.65. The number of amides is 1. The summed E-state index contributed by atoms with van der Waals surface area (Å²) in [6.07, 6.45) is 1.09. The van der Waals surface area contributed by atoms with E-state index in [-0.39, 0.29) is 5.91 Å². The van der Waals surface area contributed by atoms with Crippen molar-refractivity contribution in [3.05, 3.63) is 30.3 Å². The second kappa shape index (κ2) is 8.88. The van der Waals surface area contributed by atoms with Gasteiger partial charge >= 0.3 is 0 Å². The van der Waals surface area contributed by atoms with E-state index in [1.165, 1.54) is 11.3 Å². The van der Waals surface area contributed by atoms with E-state index in [4.69, 9.17) is 4.74 Å². The molecule has 23 heavy (non-hydrogen) atoms. The summed E-state index contributed by atoms with van der Waals surface area (Å²) in [5.41, 5.74) is 0. The van der Waals surface area contributed by atoms with Gasteiger partial charge in [0.15, 0.2) is 10.4 Å². The molecule has 124 valence electrons. The predicted octanol–water partition coefficient (Wildman–Crippen LogP) is 4.22. The maximum absolute atomic E-state index is 12.3. The van der Waals surface area contributed by atoms with Crippen molar-refractivity contribution in [2.45, 2.75) is 49.3 Å². The molecule has 0 aliphatic heterocycles. The summed E-state index contributed by atoms with van der Waals surface area (Å²) >= 11 is 3.06. The Bertz CT molecular complexity index is 619. The van der Waals surface area contributed by atoms with Gasteiger partial charge in [0, 0.05) is 5.25 Å². The third kappa shape index (κ3) is 5.51. The summed E-state index contributed by atoms with van der Waals surface area (Å²) in [6.45, 7) is 6.19. The monoisotopic (exact) mass is 351 g/mol. The Morgan fingerprint density at radius 1 is 1.26 bits per heavy atom. The molecule has 1 aromatic heterocycles. The van der Waals surface area contributed by atoms with Gasteiger partial charge in [-0.25, -0.2) is 0 Å². The number of para-hydroxylation sites is 1. The number of anilines is 1. The molecule has 5 nitrogen and oxygen atoms in total. The van der Waals surface area contributed by atoms with Crippen molar-refractivity contribution in [3.63, 3.8) is 0 Å². The lowest BCUT2D eigenvalue weighted by molar-refractivity contribution is -0.122. The minimum absolute atomic E-state index is 0.201. The second-order valence-electron chi connectivity index (χ2n) is 5.03. The van der Waals surface area contributed by atoms with Gasteiger partial charge in [0.25, 0.3) is 5.91 Å². The van der Waals surface area contributed by atoms with Crippen LogP contribution in [0.1, 0.15) is 33.6 Å². The molecule has 2 aromatic rings. The lowest BCUT2D eigenvalue weighted by Gasteiger charge is -2.16. The van der Waals surface area contributed by atoms with Crippen LogP contribution in [0.5, 0.6) is 5.75 Å². The summed E-state index contributed by atoms with van der Waals surface area (Å²) in [5.74, 6) is 0.479. The van der Waals surface area contributed by atoms with E-state index in [1.807, 2.05) is 37.3 Å². The summed E-state index contributed by atoms with van der Waals surface area (Å²) in [6, 6.07) is 9.33. The van der Waals surface area contributed by atoms with Crippen LogP contribution in [-0.4, -0.2) is 27.5 Å². The molecule has 0 spiro atoms. The summed E-state index contributed by atoms with van der Waals surface area (Å²) in [5, 5.41) is 11.9. The van der Waals surface area contributed by atoms with Crippen LogP contribution in [0.3, 0.4) is 0 Å². The first-order valence-corrected chi connectivity index (χ1v) is 9.34. The molecule has 0 saturated heterocycles. The van der Waals surface area contributed by atoms with Crippen LogP contribution < -0.4 is 10.1 Å². The molecule has 1 amide bonds. The maximum atomic E-state index is 12.3. The third-order valence-electron chi connectivity index (χ3n) is 3.20. The van der Waals surface area contributed by atoms with E-state index in [2.05, 4.69) is 29.4 Å². The number of hydrogen-bond acceptors (Lipinski definition) is 6. The van der Waals surface area contributed by atoms with Crippen molar-refractivity contribution in [1.29, 1.82) is 0 Å². The number of hydrogen-bond donors (Lipinski definition) is 1. The Hall–Kier alpha value is -1.60.